The van der Waals surface area contributed by atoms with Gasteiger partial charge in [-0.3, -0.25) is 0 Å². The molecule has 1 aliphatic heterocycles. The number of sulfonamides is 1. The maximum absolute atomic E-state index is 11.7. The average Bonchev–Trinajstić information content (AvgIpc) is 2.53. The fourth-order valence-corrected chi connectivity index (χ4v) is 2.98. The predicted molar refractivity (Wildman–Crippen MR) is 80.2 cm³/mol. The zero-order chi connectivity index (χ0) is 15.3. The Bertz CT molecular complexity index is 597. The number of benzene rings is 1. The molecule has 1 aromatic rings. The predicted octanol–water partition coefficient (Wildman–Crippen LogP) is 1.83. The molecule has 0 aromatic heterocycles. The molecule has 0 aliphatic carbocycles. The molecular weight excluding hydrogens is 294 g/mol. The quantitative estimate of drug-likeness (QED) is 0.781. The highest BCUT2D eigenvalue weighted by atomic mass is 32.2. The molecule has 1 saturated heterocycles. The van der Waals surface area contributed by atoms with E-state index in [0.717, 1.165) is 26.1 Å². The zero-order valence-corrected chi connectivity index (χ0v) is 12.6. The van der Waals surface area contributed by atoms with Gasteiger partial charge in [0.05, 0.1) is 10.6 Å². The number of nitroso groups, excluding NO2 is 1. The van der Waals surface area contributed by atoms with Crippen LogP contribution in [0.2, 0.25) is 0 Å². The van der Waals surface area contributed by atoms with Crippen molar-refractivity contribution < 1.29 is 13.2 Å². The molecule has 0 atom stereocenters. The van der Waals surface area contributed by atoms with Crippen LogP contribution in [-0.2, 0) is 14.8 Å². The summed E-state index contributed by atoms with van der Waals surface area (Å²) in [5, 5.41) is 6.08. The first-order valence-corrected chi connectivity index (χ1v) is 8.27. The van der Waals surface area contributed by atoms with Crippen LogP contribution in [0.3, 0.4) is 0 Å². The van der Waals surface area contributed by atoms with Gasteiger partial charge in [-0.2, -0.15) is 0 Å². The molecule has 2 N–H and O–H groups in total. The summed E-state index contributed by atoms with van der Waals surface area (Å²) in [6.45, 7) is 2.22. The second-order valence-corrected chi connectivity index (χ2v) is 6.80. The second kappa shape index (κ2) is 6.97. The highest BCUT2D eigenvalue weighted by Gasteiger charge is 2.17. The van der Waals surface area contributed by atoms with Gasteiger partial charge in [0, 0.05) is 19.8 Å². The van der Waals surface area contributed by atoms with Gasteiger partial charge in [-0.25, -0.2) is 13.1 Å². The molecule has 0 bridgehead atoms. The minimum absolute atomic E-state index is 0.0243. The number of anilines is 1. The molecule has 8 heteroatoms. The highest BCUT2D eigenvalue weighted by molar-refractivity contribution is 7.89. The van der Waals surface area contributed by atoms with Crippen LogP contribution in [0.1, 0.15) is 12.8 Å². The Balaban J connectivity index is 2.11. The van der Waals surface area contributed by atoms with Crippen LogP contribution in [0.5, 0.6) is 0 Å². The van der Waals surface area contributed by atoms with Crippen molar-refractivity contribution in [3.63, 3.8) is 0 Å². The topological polar surface area (TPSA) is 96.9 Å². The number of hydrogen-bond donors (Lipinski definition) is 2. The highest BCUT2D eigenvalue weighted by Crippen LogP contribution is 2.28. The van der Waals surface area contributed by atoms with Gasteiger partial charge in [0.15, 0.2) is 0 Å². The second-order valence-electron chi connectivity index (χ2n) is 4.91. The largest absolute Gasteiger partial charge is 0.383 e. The molecule has 1 heterocycles. The van der Waals surface area contributed by atoms with Crippen molar-refractivity contribution in [2.75, 3.05) is 32.1 Å². The average molecular weight is 313 g/mol. The van der Waals surface area contributed by atoms with E-state index in [1.165, 1.54) is 19.2 Å². The van der Waals surface area contributed by atoms with Crippen LogP contribution < -0.4 is 10.0 Å². The molecule has 1 fully saturated rings. The first-order chi connectivity index (χ1) is 10.1. The molecule has 1 aromatic carbocycles. The lowest BCUT2D eigenvalue weighted by molar-refractivity contribution is 0.0699. The Morgan fingerprint density at radius 2 is 2.05 bits per heavy atom. The lowest BCUT2D eigenvalue weighted by atomic mass is 10.0. The van der Waals surface area contributed by atoms with Gasteiger partial charge in [-0.15, -0.1) is 4.91 Å². The SMILES string of the molecule is CNS(=O)(=O)c1ccc(NCC2CCOCC2)c(N=O)c1. The monoisotopic (exact) mass is 313 g/mol. The van der Waals surface area contributed by atoms with Crippen LogP contribution in [0.25, 0.3) is 0 Å². The Morgan fingerprint density at radius 3 is 2.67 bits per heavy atom. The van der Waals surface area contributed by atoms with Gasteiger partial charge < -0.3 is 10.1 Å². The fraction of sp³-hybridized carbons (Fsp3) is 0.538. The summed E-state index contributed by atoms with van der Waals surface area (Å²) in [5.41, 5.74) is 0.643. The molecule has 7 nitrogen and oxygen atoms in total. The van der Waals surface area contributed by atoms with Crippen LogP contribution in [-0.4, -0.2) is 35.2 Å². The van der Waals surface area contributed by atoms with E-state index in [1.54, 1.807) is 6.07 Å². The molecule has 21 heavy (non-hydrogen) atoms. The van der Waals surface area contributed by atoms with Gasteiger partial charge in [0.2, 0.25) is 10.0 Å². The number of rotatable bonds is 6. The van der Waals surface area contributed by atoms with E-state index >= 15 is 0 Å². The third-order valence-electron chi connectivity index (χ3n) is 3.57. The molecule has 0 unspecified atom stereocenters. The lowest BCUT2D eigenvalue weighted by Gasteiger charge is -2.22. The van der Waals surface area contributed by atoms with Gasteiger partial charge in [-0.05, 0) is 49.2 Å². The Labute approximate surface area is 124 Å². The van der Waals surface area contributed by atoms with Crippen molar-refractivity contribution in [2.45, 2.75) is 17.7 Å². The van der Waals surface area contributed by atoms with E-state index < -0.39 is 10.0 Å². The Hall–Kier alpha value is -1.51. The summed E-state index contributed by atoms with van der Waals surface area (Å²) in [6, 6.07) is 4.29. The summed E-state index contributed by atoms with van der Waals surface area (Å²) < 4.78 is 30.9. The van der Waals surface area contributed by atoms with Gasteiger partial charge >= 0.3 is 0 Å². The van der Waals surface area contributed by atoms with E-state index in [-0.39, 0.29) is 10.6 Å². The first kappa shape index (κ1) is 15.9. The fourth-order valence-electron chi connectivity index (χ4n) is 2.23. The standard InChI is InChI=1S/C13H19N3O4S/c1-14-21(18,19)11-2-3-12(13(8-11)16-17)15-9-10-4-6-20-7-5-10/h2-3,8,10,14-15H,4-7,9H2,1H3. The third kappa shape index (κ3) is 3.99. The van der Waals surface area contributed by atoms with E-state index in [1.807, 2.05) is 0 Å². The van der Waals surface area contributed by atoms with Crippen LogP contribution >= 0.6 is 0 Å². The Kier molecular flexibility index (Phi) is 5.27. The molecule has 116 valence electrons. The molecule has 0 spiro atoms. The summed E-state index contributed by atoms with van der Waals surface area (Å²) >= 11 is 0. The Morgan fingerprint density at radius 1 is 1.33 bits per heavy atom. The first-order valence-electron chi connectivity index (χ1n) is 6.79. The summed E-state index contributed by atoms with van der Waals surface area (Å²) in [5.74, 6) is 0.485. The number of hydrogen-bond acceptors (Lipinski definition) is 6. The van der Waals surface area contributed by atoms with Gasteiger partial charge in [0.1, 0.15) is 5.69 Å². The lowest BCUT2D eigenvalue weighted by Crippen LogP contribution is -2.22. The smallest absolute Gasteiger partial charge is 0.240 e. The molecular formula is C13H19N3O4S. The minimum atomic E-state index is -3.58. The van der Waals surface area contributed by atoms with Crippen molar-refractivity contribution in [1.82, 2.24) is 4.72 Å². The van der Waals surface area contributed by atoms with E-state index in [0.29, 0.717) is 18.2 Å². The molecule has 0 amide bonds. The van der Waals surface area contributed by atoms with Gasteiger partial charge in [0.25, 0.3) is 0 Å². The van der Waals surface area contributed by atoms with Gasteiger partial charge in [-0.1, -0.05) is 0 Å². The number of nitrogens with one attached hydrogen (secondary N) is 2. The van der Waals surface area contributed by atoms with Crippen molar-refractivity contribution in [3.8, 4) is 0 Å². The summed E-state index contributed by atoms with van der Waals surface area (Å²) in [7, 11) is -2.26. The maximum atomic E-state index is 11.7. The third-order valence-corrected chi connectivity index (χ3v) is 4.98. The molecule has 0 saturated carbocycles. The molecule has 2 rings (SSSR count). The van der Waals surface area contributed by atoms with E-state index in [4.69, 9.17) is 4.74 Å². The zero-order valence-electron chi connectivity index (χ0n) is 11.8. The van der Waals surface area contributed by atoms with Crippen LogP contribution in [0.15, 0.2) is 28.3 Å². The van der Waals surface area contributed by atoms with Crippen molar-refractivity contribution in [2.24, 2.45) is 11.1 Å². The summed E-state index contributed by atoms with van der Waals surface area (Å²) in [6.07, 6.45) is 1.95. The number of nitrogens with zero attached hydrogens (tertiary/aromatic N) is 1. The minimum Gasteiger partial charge on any atom is -0.383 e. The maximum Gasteiger partial charge on any atom is 0.240 e. The van der Waals surface area contributed by atoms with Crippen LogP contribution in [0, 0.1) is 10.8 Å². The molecule has 1 aliphatic rings. The van der Waals surface area contributed by atoms with Crippen molar-refractivity contribution >= 4 is 21.4 Å². The van der Waals surface area contributed by atoms with Crippen molar-refractivity contribution in [3.05, 3.63) is 23.1 Å². The van der Waals surface area contributed by atoms with E-state index in [9.17, 15) is 13.3 Å². The van der Waals surface area contributed by atoms with Crippen LogP contribution in [0.4, 0.5) is 11.4 Å². The normalized spacial score (nSPS) is 16.6. The summed E-state index contributed by atoms with van der Waals surface area (Å²) in [4.78, 5) is 10.9. The van der Waals surface area contributed by atoms with Crippen molar-refractivity contribution in [1.29, 1.82) is 0 Å². The van der Waals surface area contributed by atoms with E-state index in [2.05, 4.69) is 15.2 Å². The number of ether oxygens (including phenoxy) is 1. The molecule has 0 radical (unpaired) electrons.